The van der Waals surface area contributed by atoms with E-state index < -0.39 is 6.10 Å². The maximum atomic E-state index is 12.9. The minimum absolute atomic E-state index is 0.0596. The van der Waals surface area contributed by atoms with Gasteiger partial charge in [0.25, 0.3) is 0 Å². The predicted octanol–water partition coefficient (Wildman–Crippen LogP) is 4.94. The number of ketones is 1. The zero-order valence-corrected chi connectivity index (χ0v) is 22.6. The van der Waals surface area contributed by atoms with E-state index in [1.165, 1.54) is 43.2 Å². The van der Waals surface area contributed by atoms with E-state index in [9.17, 15) is 9.90 Å². The fourth-order valence-corrected chi connectivity index (χ4v) is 6.72. The average molecular weight is 531 g/mol. The molecule has 3 unspecified atom stereocenters. The number of rotatable bonds is 11. The Bertz CT molecular complexity index is 1290. The summed E-state index contributed by atoms with van der Waals surface area (Å²) in [4.78, 5) is 23.6. The first-order valence-electron chi connectivity index (χ1n) is 14.3. The van der Waals surface area contributed by atoms with Crippen LogP contribution in [-0.4, -0.2) is 51.0 Å². The lowest BCUT2D eigenvalue weighted by molar-refractivity contribution is 0.0836. The fourth-order valence-electron chi connectivity index (χ4n) is 6.72. The van der Waals surface area contributed by atoms with Crippen molar-refractivity contribution in [3.05, 3.63) is 71.1 Å². The van der Waals surface area contributed by atoms with Gasteiger partial charge in [0.1, 0.15) is 18.2 Å². The molecule has 2 aliphatic carbocycles. The SMILES string of the molecule is Cc1c(OCc2cnco2)ccc2c1CCN(C[C@@H](O)CCC(=O)c1ccnc(NC3CC4CCCC43)c1)C2. The van der Waals surface area contributed by atoms with Gasteiger partial charge in [0.05, 0.1) is 12.3 Å². The van der Waals surface area contributed by atoms with E-state index in [-0.39, 0.29) is 5.78 Å². The zero-order valence-electron chi connectivity index (χ0n) is 22.6. The summed E-state index contributed by atoms with van der Waals surface area (Å²) < 4.78 is 11.2. The number of hydrogen-bond donors (Lipinski definition) is 2. The van der Waals surface area contributed by atoms with Gasteiger partial charge in [-0.15, -0.1) is 0 Å². The maximum absolute atomic E-state index is 12.9. The summed E-state index contributed by atoms with van der Waals surface area (Å²) in [6.45, 7) is 4.67. The number of β-amino-alcohol motifs (C(OH)–C–C–N with tert-alkyl or cyclic N) is 1. The van der Waals surface area contributed by atoms with Gasteiger partial charge in [0.15, 0.2) is 17.9 Å². The number of ether oxygens (including phenoxy) is 1. The van der Waals surface area contributed by atoms with Crippen LogP contribution in [0, 0.1) is 18.8 Å². The van der Waals surface area contributed by atoms with E-state index in [0.29, 0.717) is 43.4 Å². The van der Waals surface area contributed by atoms with Crippen molar-refractivity contribution in [2.24, 2.45) is 11.8 Å². The number of nitrogens with one attached hydrogen (secondary N) is 1. The van der Waals surface area contributed by atoms with Gasteiger partial charge in [-0.1, -0.05) is 18.9 Å². The molecule has 0 radical (unpaired) electrons. The number of nitrogens with zero attached hydrogens (tertiary/aromatic N) is 3. The van der Waals surface area contributed by atoms with Gasteiger partial charge in [0, 0.05) is 43.9 Å². The van der Waals surface area contributed by atoms with Crippen molar-refractivity contribution < 1.29 is 19.1 Å². The number of carbonyl (C=O) groups is 1. The van der Waals surface area contributed by atoms with Crippen molar-refractivity contribution >= 4 is 11.6 Å². The van der Waals surface area contributed by atoms with Crippen LogP contribution in [0.5, 0.6) is 5.75 Å². The molecule has 206 valence electrons. The van der Waals surface area contributed by atoms with Gasteiger partial charge in [-0.05, 0) is 79.3 Å². The van der Waals surface area contributed by atoms with E-state index >= 15 is 0 Å². The lowest BCUT2D eigenvalue weighted by atomic mass is 9.71. The number of aliphatic hydroxyl groups is 1. The lowest BCUT2D eigenvalue weighted by Crippen LogP contribution is -2.43. The molecule has 0 spiro atoms. The molecule has 2 aromatic heterocycles. The standard InChI is InChI=1S/C31H38N4O4/c1-20-26-10-12-35(16-23(26)5-8-30(20)38-18-25-15-32-19-39-25)17-24(36)6-7-29(37)22-9-11-33-31(14-22)34-28-13-21-3-2-4-27(21)28/h5,8-9,11,14-15,19,21,24,27-28,36H,2-4,6-7,10,12-13,16-18H2,1H3,(H,33,34)/t21?,24-,27?,28?/m0/s1. The molecule has 0 amide bonds. The second-order valence-electron chi connectivity index (χ2n) is 11.5. The van der Waals surface area contributed by atoms with Gasteiger partial charge in [-0.3, -0.25) is 9.69 Å². The Morgan fingerprint density at radius 1 is 1.31 bits per heavy atom. The van der Waals surface area contributed by atoms with Crippen LogP contribution in [0.4, 0.5) is 5.82 Å². The Hall–Kier alpha value is -3.23. The molecule has 3 aliphatic rings. The predicted molar refractivity (Wildman–Crippen MR) is 148 cm³/mol. The van der Waals surface area contributed by atoms with Crippen molar-refractivity contribution in [3.8, 4) is 5.75 Å². The number of pyridine rings is 1. The molecule has 3 aromatic rings. The molecule has 2 fully saturated rings. The third kappa shape index (κ3) is 5.87. The Balaban J connectivity index is 0.971. The Morgan fingerprint density at radius 3 is 3.08 bits per heavy atom. The summed E-state index contributed by atoms with van der Waals surface area (Å²) in [5.41, 5.74) is 4.41. The molecular weight excluding hydrogens is 492 g/mol. The smallest absolute Gasteiger partial charge is 0.181 e. The highest BCUT2D eigenvalue weighted by Gasteiger charge is 2.43. The van der Waals surface area contributed by atoms with Crippen molar-refractivity contribution in [1.29, 1.82) is 0 Å². The van der Waals surface area contributed by atoms with Crippen LogP contribution in [-0.2, 0) is 19.6 Å². The normalized spacial score (nSPS) is 23.0. The second-order valence-corrected chi connectivity index (χ2v) is 11.5. The van der Waals surface area contributed by atoms with Crippen LogP contribution in [0.25, 0.3) is 0 Å². The Labute approximate surface area is 229 Å². The first kappa shape index (κ1) is 26.0. The summed E-state index contributed by atoms with van der Waals surface area (Å²) in [5.74, 6) is 4.07. The highest BCUT2D eigenvalue weighted by molar-refractivity contribution is 5.96. The number of fused-ring (bicyclic) bond motifs is 2. The molecule has 6 rings (SSSR count). The molecule has 0 bridgehead atoms. The van der Waals surface area contributed by atoms with Crippen LogP contribution in [0.2, 0.25) is 0 Å². The third-order valence-corrected chi connectivity index (χ3v) is 8.95. The topological polar surface area (TPSA) is 101 Å². The van der Waals surface area contributed by atoms with Gasteiger partial charge in [-0.25, -0.2) is 9.97 Å². The van der Waals surface area contributed by atoms with Gasteiger partial charge >= 0.3 is 0 Å². The van der Waals surface area contributed by atoms with Crippen LogP contribution >= 0.6 is 0 Å². The number of carbonyl (C=O) groups excluding carboxylic acids is 1. The quantitative estimate of drug-likeness (QED) is 0.336. The maximum Gasteiger partial charge on any atom is 0.181 e. The fraction of sp³-hybridized carbons (Fsp3) is 0.516. The molecule has 8 heteroatoms. The molecule has 0 saturated heterocycles. The largest absolute Gasteiger partial charge is 0.485 e. The summed E-state index contributed by atoms with van der Waals surface area (Å²) >= 11 is 0. The van der Waals surface area contributed by atoms with Crippen LogP contribution in [0.1, 0.15) is 71.3 Å². The monoisotopic (exact) mass is 530 g/mol. The number of Topliss-reactive ketones (excluding diaryl/α,β-unsaturated/α-hetero) is 1. The minimum Gasteiger partial charge on any atom is -0.485 e. The molecular formula is C31H38N4O4. The lowest BCUT2D eigenvalue weighted by Gasteiger charge is -2.41. The Kier molecular flexibility index (Phi) is 7.66. The Morgan fingerprint density at radius 2 is 2.23 bits per heavy atom. The van der Waals surface area contributed by atoms with E-state index in [1.807, 2.05) is 12.1 Å². The minimum atomic E-state index is -0.546. The zero-order chi connectivity index (χ0) is 26.8. The summed E-state index contributed by atoms with van der Waals surface area (Å²) in [5, 5.41) is 14.3. The molecule has 2 N–H and O–H groups in total. The number of aromatic nitrogens is 2. The van der Waals surface area contributed by atoms with E-state index in [1.54, 1.807) is 18.5 Å². The molecule has 8 nitrogen and oxygen atoms in total. The van der Waals surface area contributed by atoms with E-state index in [0.717, 1.165) is 48.5 Å². The van der Waals surface area contributed by atoms with Gasteiger partial charge in [-0.2, -0.15) is 0 Å². The van der Waals surface area contributed by atoms with Crippen LogP contribution in [0.3, 0.4) is 0 Å². The van der Waals surface area contributed by atoms with Crippen LogP contribution in [0.15, 0.2) is 47.5 Å². The molecule has 4 atom stereocenters. The molecule has 1 aliphatic heterocycles. The highest BCUT2D eigenvalue weighted by Crippen LogP contribution is 2.47. The van der Waals surface area contributed by atoms with Crippen molar-refractivity contribution in [3.63, 3.8) is 0 Å². The number of aliphatic hydroxyl groups excluding tert-OH is 1. The first-order chi connectivity index (χ1) is 19.0. The number of oxazole rings is 1. The summed E-state index contributed by atoms with van der Waals surface area (Å²) in [7, 11) is 0. The van der Waals surface area contributed by atoms with Gasteiger partial charge in [0.2, 0.25) is 0 Å². The molecule has 1 aromatic carbocycles. The number of hydrogen-bond acceptors (Lipinski definition) is 8. The van der Waals surface area contributed by atoms with Crippen molar-refractivity contribution in [2.75, 3.05) is 18.4 Å². The van der Waals surface area contributed by atoms with E-state index in [4.69, 9.17) is 9.15 Å². The first-order valence-corrected chi connectivity index (χ1v) is 14.3. The van der Waals surface area contributed by atoms with E-state index in [2.05, 4.69) is 33.2 Å². The van der Waals surface area contributed by atoms with Crippen molar-refractivity contribution in [1.82, 2.24) is 14.9 Å². The van der Waals surface area contributed by atoms with Gasteiger partial charge < -0.3 is 19.6 Å². The summed E-state index contributed by atoms with van der Waals surface area (Å²) in [6, 6.07) is 8.29. The average Bonchev–Trinajstić information content (AvgIpc) is 3.60. The number of benzene rings is 1. The van der Waals surface area contributed by atoms with Crippen molar-refractivity contribution in [2.45, 2.75) is 77.2 Å². The summed E-state index contributed by atoms with van der Waals surface area (Å²) in [6.07, 6.45) is 11.2. The molecule has 3 heterocycles. The second kappa shape index (κ2) is 11.5. The van der Waals surface area contributed by atoms with Crippen LogP contribution < -0.4 is 10.1 Å². The number of anilines is 1. The molecule has 2 saturated carbocycles. The molecule has 39 heavy (non-hydrogen) atoms. The third-order valence-electron chi connectivity index (χ3n) is 8.95. The highest BCUT2D eigenvalue weighted by atomic mass is 16.5.